The molecule has 0 aliphatic carbocycles. The average molecular weight is 338 g/mol. The van der Waals surface area contributed by atoms with E-state index < -0.39 is 0 Å². The van der Waals surface area contributed by atoms with Gasteiger partial charge in [-0.15, -0.1) is 0 Å². The molecule has 1 aliphatic heterocycles. The van der Waals surface area contributed by atoms with Crippen molar-refractivity contribution in [1.29, 1.82) is 0 Å². The fraction of sp³-hybridized carbons (Fsp3) is 0.381. The van der Waals surface area contributed by atoms with E-state index >= 15 is 0 Å². The molecule has 0 bridgehead atoms. The van der Waals surface area contributed by atoms with Crippen molar-refractivity contribution >= 4 is 5.91 Å². The van der Waals surface area contributed by atoms with Crippen LogP contribution < -0.4 is 5.32 Å². The summed E-state index contributed by atoms with van der Waals surface area (Å²) in [6, 6.07) is 18.6. The van der Waals surface area contributed by atoms with Crippen molar-refractivity contribution in [2.45, 2.75) is 26.0 Å². The summed E-state index contributed by atoms with van der Waals surface area (Å²) in [5, 5.41) is 3.01. The summed E-state index contributed by atoms with van der Waals surface area (Å²) in [5.41, 5.74) is 3.56. The van der Waals surface area contributed by atoms with E-state index in [1.54, 1.807) is 0 Å². The highest BCUT2D eigenvalue weighted by Crippen LogP contribution is 2.10. The molecule has 4 nitrogen and oxygen atoms in total. The summed E-state index contributed by atoms with van der Waals surface area (Å²) >= 11 is 0. The Kier molecular flexibility index (Phi) is 6.20. The van der Waals surface area contributed by atoms with E-state index in [0.717, 1.165) is 25.2 Å². The zero-order chi connectivity index (χ0) is 17.5. The SMILES string of the molecule is Cc1ccc(CC(=O)NCC2CN(Cc3ccccc3)CCO2)cc1. The van der Waals surface area contributed by atoms with Crippen LogP contribution in [-0.4, -0.2) is 43.2 Å². The van der Waals surface area contributed by atoms with Gasteiger partial charge in [0.25, 0.3) is 0 Å². The summed E-state index contributed by atoms with van der Waals surface area (Å²) in [6.07, 6.45) is 0.472. The molecule has 1 unspecified atom stereocenters. The Balaban J connectivity index is 1.43. The van der Waals surface area contributed by atoms with Gasteiger partial charge in [-0.3, -0.25) is 9.69 Å². The van der Waals surface area contributed by atoms with Crippen LogP contribution in [0.1, 0.15) is 16.7 Å². The Hall–Kier alpha value is -2.17. The third-order valence-corrected chi connectivity index (χ3v) is 4.48. The van der Waals surface area contributed by atoms with Gasteiger partial charge >= 0.3 is 0 Å². The minimum atomic E-state index is 0.0487. The normalized spacial score (nSPS) is 18.0. The lowest BCUT2D eigenvalue weighted by Gasteiger charge is -2.33. The molecule has 2 aromatic carbocycles. The maximum atomic E-state index is 12.1. The maximum absolute atomic E-state index is 12.1. The molecule has 4 heteroatoms. The molecule has 0 radical (unpaired) electrons. The van der Waals surface area contributed by atoms with Crippen molar-refractivity contribution in [3.05, 3.63) is 71.3 Å². The van der Waals surface area contributed by atoms with Gasteiger partial charge in [0.05, 0.1) is 19.1 Å². The van der Waals surface area contributed by atoms with Gasteiger partial charge in [-0.2, -0.15) is 0 Å². The quantitative estimate of drug-likeness (QED) is 0.880. The second-order valence-electron chi connectivity index (χ2n) is 6.68. The van der Waals surface area contributed by atoms with E-state index in [-0.39, 0.29) is 12.0 Å². The van der Waals surface area contributed by atoms with Gasteiger partial charge in [-0.25, -0.2) is 0 Å². The van der Waals surface area contributed by atoms with Gasteiger partial charge in [-0.05, 0) is 18.1 Å². The van der Waals surface area contributed by atoms with Gasteiger partial charge in [0.2, 0.25) is 5.91 Å². The van der Waals surface area contributed by atoms with Crippen LogP contribution in [0.3, 0.4) is 0 Å². The number of nitrogens with zero attached hydrogens (tertiary/aromatic N) is 1. The molecule has 0 spiro atoms. The number of hydrogen-bond acceptors (Lipinski definition) is 3. The van der Waals surface area contributed by atoms with Crippen LogP contribution >= 0.6 is 0 Å². The molecule has 25 heavy (non-hydrogen) atoms. The molecule has 1 aliphatic rings. The van der Waals surface area contributed by atoms with E-state index in [1.165, 1.54) is 11.1 Å². The molecule has 1 atom stereocenters. The zero-order valence-electron chi connectivity index (χ0n) is 14.8. The lowest BCUT2D eigenvalue weighted by molar-refractivity contribution is -0.121. The first-order valence-electron chi connectivity index (χ1n) is 8.89. The lowest BCUT2D eigenvalue weighted by atomic mass is 10.1. The molecule has 1 saturated heterocycles. The van der Waals surface area contributed by atoms with Gasteiger partial charge in [0.1, 0.15) is 0 Å². The minimum absolute atomic E-state index is 0.0487. The number of carbonyl (C=O) groups excluding carboxylic acids is 1. The Bertz CT molecular complexity index is 670. The van der Waals surface area contributed by atoms with Crippen molar-refractivity contribution in [3.63, 3.8) is 0 Å². The van der Waals surface area contributed by atoms with Crippen LogP contribution in [-0.2, 0) is 22.5 Å². The summed E-state index contributed by atoms with van der Waals surface area (Å²) in [5.74, 6) is 0.0487. The smallest absolute Gasteiger partial charge is 0.224 e. The predicted molar refractivity (Wildman–Crippen MR) is 99.4 cm³/mol. The van der Waals surface area contributed by atoms with Crippen molar-refractivity contribution in [1.82, 2.24) is 10.2 Å². The highest BCUT2D eigenvalue weighted by molar-refractivity contribution is 5.78. The largest absolute Gasteiger partial charge is 0.374 e. The number of aryl methyl sites for hydroxylation is 1. The number of amides is 1. The standard InChI is InChI=1S/C21H26N2O2/c1-17-7-9-18(10-8-17)13-21(24)22-14-20-16-23(11-12-25-20)15-19-5-3-2-4-6-19/h2-10,20H,11-16H2,1H3,(H,22,24). The van der Waals surface area contributed by atoms with E-state index in [0.29, 0.717) is 19.6 Å². The molecule has 1 N–H and O–H groups in total. The molecule has 1 amide bonds. The Labute approximate surface area is 149 Å². The molecule has 0 aromatic heterocycles. The number of nitrogens with one attached hydrogen (secondary N) is 1. The van der Waals surface area contributed by atoms with E-state index in [2.05, 4.69) is 34.5 Å². The summed E-state index contributed by atoms with van der Waals surface area (Å²) in [6.45, 7) is 6.03. The molecule has 132 valence electrons. The molecule has 1 heterocycles. The fourth-order valence-electron chi connectivity index (χ4n) is 3.07. The first kappa shape index (κ1) is 17.6. The van der Waals surface area contributed by atoms with Crippen LogP contribution in [0.2, 0.25) is 0 Å². The highest BCUT2D eigenvalue weighted by atomic mass is 16.5. The van der Waals surface area contributed by atoms with Crippen molar-refractivity contribution in [3.8, 4) is 0 Å². The maximum Gasteiger partial charge on any atom is 0.224 e. The van der Waals surface area contributed by atoms with E-state index in [1.807, 2.05) is 37.3 Å². The second kappa shape index (κ2) is 8.79. The Morgan fingerprint density at radius 2 is 1.88 bits per heavy atom. The van der Waals surface area contributed by atoms with Gasteiger partial charge in [0.15, 0.2) is 0 Å². The van der Waals surface area contributed by atoms with Crippen molar-refractivity contribution in [2.24, 2.45) is 0 Å². The van der Waals surface area contributed by atoms with Crippen LogP contribution in [0.4, 0.5) is 0 Å². The summed E-state index contributed by atoms with van der Waals surface area (Å²) < 4.78 is 5.81. The highest BCUT2D eigenvalue weighted by Gasteiger charge is 2.21. The van der Waals surface area contributed by atoms with Gasteiger partial charge in [0, 0.05) is 26.2 Å². The topological polar surface area (TPSA) is 41.6 Å². The predicted octanol–water partition coefficient (Wildman–Crippen LogP) is 2.55. The first-order valence-corrected chi connectivity index (χ1v) is 8.89. The van der Waals surface area contributed by atoms with Gasteiger partial charge < -0.3 is 10.1 Å². The molecule has 0 saturated carbocycles. The molecular formula is C21H26N2O2. The summed E-state index contributed by atoms with van der Waals surface area (Å²) in [7, 11) is 0. The number of ether oxygens (including phenoxy) is 1. The van der Waals surface area contributed by atoms with Crippen LogP contribution in [0.5, 0.6) is 0 Å². The van der Waals surface area contributed by atoms with Crippen molar-refractivity contribution in [2.75, 3.05) is 26.2 Å². The van der Waals surface area contributed by atoms with Crippen molar-refractivity contribution < 1.29 is 9.53 Å². The fourth-order valence-corrected chi connectivity index (χ4v) is 3.07. The number of rotatable bonds is 6. The van der Waals surface area contributed by atoms with E-state index in [9.17, 15) is 4.79 Å². The number of morpholine rings is 1. The number of benzene rings is 2. The average Bonchev–Trinajstić information content (AvgIpc) is 2.63. The number of hydrogen-bond donors (Lipinski definition) is 1. The molecule has 1 fully saturated rings. The third-order valence-electron chi connectivity index (χ3n) is 4.48. The Morgan fingerprint density at radius 1 is 1.12 bits per heavy atom. The molecule has 2 aromatic rings. The third kappa shape index (κ3) is 5.69. The van der Waals surface area contributed by atoms with Gasteiger partial charge in [-0.1, -0.05) is 60.2 Å². The Morgan fingerprint density at radius 3 is 2.64 bits per heavy atom. The van der Waals surface area contributed by atoms with Crippen LogP contribution in [0.25, 0.3) is 0 Å². The lowest BCUT2D eigenvalue weighted by Crippen LogP contribution is -2.47. The zero-order valence-corrected chi connectivity index (χ0v) is 14.8. The van der Waals surface area contributed by atoms with E-state index in [4.69, 9.17) is 4.74 Å². The minimum Gasteiger partial charge on any atom is -0.374 e. The monoisotopic (exact) mass is 338 g/mol. The van der Waals surface area contributed by atoms with Crippen LogP contribution in [0.15, 0.2) is 54.6 Å². The van der Waals surface area contributed by atoms with Crippen LogP contribution in [0, 0.1) is 6.92 Å². The molecular weight excluding hydrogens is 312 g/mol. The summed E-state index contributed by atoms with van der Waals surface area (Å²) in [4.78, 5) is 14.5. The molecule has 3 rings (SSSR count). The number of carbonyl (C=O) groups is 1. The first-order chi connectivity index (χ1) is 12.2. The second-order valence-corrected chi connectivity index (χ2v) is 6.68.